The summed E-state index contributed by atoms with van der Waals surface area (Å²) in [6.45, 7) is 3.49. The van der Waals surface area contributed by atoms with Gasteiger partial charge in [0.15, 0.2) is 0 Å². The predicted molar refractivity (Wildman–Crippen MR) is 38.8 cm³/mol. The lowest BCUT2D eigenvalue weighted by Crippen LogP contribution is -2.42. The van der Waals surface area contributed by atoms with Gasteiger partial charge in [0.1, 0.15) is 6.04 Å². The number of carbonyl (C=O) groups excluding carboxylic acids is 2. The zero-order valence-electron chi connectivity index (χ0n) is 6.59. The molecule has 3 N–H and O–H groups in total. The fourth-order valence-electron chi connectivity index (χ4n) is 0.540. The van der Waals surface area contributed by atoms with Crippen LogP contribution in [-0.4, -0.2) is 24.6 Å². The van der Waals surface area contributed by atoms with Crippen LogP contribution in [0.25, 0.3) is 0 Å². The Morgan fingerprint density at radius 2 is 2.18 bits per heavy atom. The van der Waals surface area contributed by atoms with E-state index >= 15 is 0 Å². The number of nitrogens with one attached hydrogen (secondary N) is 1. The van der Waals surface area contributed by atoms with Gasteiger partial charge >= 0.3 is 12.0 Å². The Bertz CT molecular complexity index is 158. The predicted octanol–water partition coefficient (Wildman–Crippen LogP) is -0.394. The number of ether oxygens (including phenoxy) is 1. The van der Waals surface area contributed by atoms with Crippen molar-refractivity contribution < 1.29 is 14.3 Å². The zero-order valence-corrected chi connectivity index (χ0v) is 6.59. The lowest BCUT2D eigenvalue weighted by molar-refractivity contribution is -0.144. The maximum absolute atomic E-state index is 10.8. The third-order valence-electron chi connectivity index (χ3n) is 0.999. The zero-order chi connectivity index (χ0) is 8.85. The van der Waals surface area contributed by atoms with Gasteiger partial charge < -0.3 is 15.8 Å². The summed E-state index contributed by atoms with van der Waals surface area (Å²) in [5, 5.41) is 2.19. The van der Waals surface area contributed by atoms with E-state index < -0.39 is 18.0 Å². The molecule has 0 heterocycles. The molecule has 0 saturated carbocycles. The molecule has 0 spiro atoms. The third-order valence-corrected chi connectivity index (χ3v) is 0.999. The standard InChI is InChI=1S/C6H12N2O3/c1-3-11-5(9)4(2)8-6(7)10/h4H,3H2,1-2H3,(H3,7,8,10)/t4-/m0/s1. The molecule has 0 aromatic heterocycles. The molecule has 0 rings (SSSR count). The van der Waals surface area contributed by atoms with Gasteiger partial charge in [-0.05, 0) is 13.8 Å². The third kappa shape index (κ3) is 4.19. The van der Waals surface area contributed by atoms with Crippen molar-refractivity contribution in [3.63, 3.8) is 0 Å². The lowest BCUT2D eigenvalue weighted by atomic mass is 10.3. The average Bonchev–Trinajstić information content (AvgIpc) is 1.86. The number of nitrogens with two attached hydrogens (primary N) is 1. The molecule has 0 saturated heterocycles. The van der Waals surface area contributed by atoms with E-state index in [0.29, 0.717) is 6.61 Å². The Balaban J connectivity index is 3.73. The summed E-state index contributed by atoms with van der Waals surface area (Å²) in [5.41, 5.74) is 4.77. The topological polar surface area (TPSA) is 81.4 Å². The van der Waals surface area contributed by atoms with E-state index in [1.165, 1.54) is 6.92 Å². The minimum atomic E-state index is -0.731. The van der Waals surface area contributed by atoms with Gasteiger partial charge in [-0.15, -0.1) is 0 Å². The van der Waals surface area contributed by atoms with Crippen molar-refractivity contribution in [2.24, 2.45) is 5.73 Å². The van der Waals surface area contributed by atoms with Crippen LogP contribution in [0, 0.1) is 0 Å². The van der Waals surface area contributed by atoms with Gasteiger partial charge in [0.25, 0.3) is 0 Å². The highest BCUT2D eigenvalue weighted by atomic mass is 16.5. The van der Waals surface area contributed by atoms with E-state index in [1.54, 1.807) is 6.92 Å². The smallest absolute Gasteiger partial charge is 0.328 e. The minimum Gasteiger partial charge on any atom is -0.464 e. The molecule has 0 unspecified atom stereocenters. The molecule has 0 bridgehead atoms. The van der Waals surface area contributed by atoms with E-state index in [1.807, 2.05) is 0 Å². The molecule has 2 amide bonds. The maximum atomic E-state index is 10.8. The van der Waals surface area contributed by atoms with Gasteiger partial charge in [0.05, 0.1) is 6.61 Å². The minimum absolute atomic E-state index is 0.295. The van der Waals surface area contributed by atoms with Gasteiger partial charge in [-0.25, -0.2) is 9.59 Å². The SMILES string of the molecule is CCOC(=O)[C@H](C)NC(N)=O. The normalized spacial score (nSPS) is 11.8. The van der Waals surface area contributed by atoms with E-state index in [4.69, 9.17) is 5.73 Å². The van der Waals surface area contributed by atoms with E-state index in [0.717, 1.165) is 0 Å². The first kappa shape index (κ1) is 9.74. The average molecular weight is 160 g/mol. The van der Waals surface area contributed by atoms with Crippen molar-refractivity contribution in [1.82, 2.24) is 5.32 Å². The first-order valence-corrected chi connectivity index (χ1v) is 3.30. The Morgan fingerprint density at radius 1 is 1.64 bits per heavy atom. The molecule has 5 heteroatoms. The first-order valence-electron chi connectivity index (χ1n) is 3.30. The Morgan fingerprint density at radius 3 is 2.55 bits per heavy atom. The number of amides is 2. The van der Waals surface area contributed by atoms with Crippen molar-refractivity contribution in [2.45, 2.75) is 19.9 Å². The molecule has 5 nitrogen and oxygen atoms in total. The van der Waals surface area contributed by atoms with Gasteiger partial charge in [0.2, 0.25) is 0 Å². The Kier molecular flexibility index (Phi) is 4.02. The molecular weight excluding hydrogens is 148 g/mol. The summed E-state index contributed by atoms with van der Waals surface area (Å²) >= 11 is 0. The molecule has 0 fully saturated rings. The number of carbonyl (C=O) groups is 2. The molecule has 64 valence electrons. The molecule has 0 radical (unpaired) electrons. The highest BCUT2D eigenvalue weighted by Gasteiger charge is 2.13. The van der Waals surface area contributed by atoms with Crippen molar-refractivity contribution >= 4 is 12.0 Å². The van der Waals surface area contributed by atoms with Crippen LogP contribution in [0.1, 0.15) is 13.8 Å². The van der Waals surface area contributed by atoms with Gasteiger partial charge in [-0.2, -0.15) is 0 Å². The monoisotopic (exact) mass is 160 g/mol. The van der Waals surface area contributed by atoms with E-state index in [-0.39, 0.29) is 0 Å². The summed E-state index contributed by atoms with van der Waals surface area (Å²) in [6, 6.07) is -1.40. The number of hydrogen-bond donors (Lipinski definition) is 2. The van der Waals surface area contributed by atoms with Gasteiger partial charge in [-0.1, -0.05) is 0 Å². The molecule has 11 heavy (non-hydrogen) atoms. The van der Waals surface area contributed by atoms with Gasteiger partial charge in [-0.3, -0.25) is 0 Å². The summed E-state index contributed by atoms with van der Waals surface area (Å²) < 4.78 is 4.60. The van der Waals surface area contributed by atoms with Crippen LogP contribution in [-0.2, 0) is 9.53 Å². The Hall–Kier alpha value is -1.26. The molecular formula is C6H12N2O3. The van der Waals surface area contributed by atoms with Crippen LogP contribution in [0.5, 0.6) is 0 Å². The quantitative estimate of drug-likeness (QED) is 0.551. The first-order chi connectivity index (χ1) is 5.07. The highest BCUT2D eigenvalue weighted by Crippen LogP contribution is 1.86. The second-order valence-corrected chi connectivity index (χ2v) is 1.98. The fraction of sp³-hybridized carbons (Fsp3) is 0.667. The Labute approximate surface area is 64.9 Å². The number of urea groups is 1. The van der Waals surface area contributed by atoms with Crippen LogP contribution >= 0.6 is 0 Å². The van der Waals surface area contributed by atoms with Crippen molar-refractivity contribution in [1.29, 1.82) is 0 Å². The summed E-state index contributed by atoms with van der Waals surface area (Å²) in [5.74, 6) is -0.480. The van der Waals surface area contributed by atoms with E-state index in [9.17, 15) is 9.59 Å². The van der Waals surface area contributed by atoms with Crippen molar-refractivity contribution in [3.8, 4) is 0 Å². The molecule has 0 aliphatic carbocycles. The van der Waals surface area contributed by atoms with Crippen LogP contribution in [0.15, 0.2) is 0 Å². The molecule has 0 aliphatic rings. The molecule has 0 aromatic carbocycles. The summed E-state index contributed by atoms with van der Waals surface area (Å²) in [7, 11) is 0. The second-order valence-electron chi connectivity index (χ2n) is 1.98. The van der Waals surface area contributed by atoms with Crippen LogP contribution in [0.4, 0.5) is 4.79 Å². The summed E-state index contributed by atoms with van der Waals surface area (Å²) in [6.07, 6.45) is 0. The molecule has 0 aromatic rings. The molecule has 1 atom stereocenters. The molecule has 0 aliphatic heterocycles. The lowest BCUT2D eigenvalue weighted by Gasteiger charge is -2.09. The highest BCUT2D eigenvalue weighted by molar-refractivity contribution is 5.82. The second kappa shape index (κ2) is 4.54. The van der Waals surface area contributed by atoms with Crippen LogP contribution < -0.4 is 11.1 Å². The van der Waals surface area contributed by atoms with Crippen LogP contribution in [0.3, 0.4) is 0 Å². The number of rotatable bonds is 3. The number of primary amides is 1. The fourth-order valence-corrected chi connectivity index (χ4v) is 0.540. The van der Waals surface area contributed by atoms with Crippen molar-refractivity contribution in [2.75, 3.05) is 6.61 Å². The summed E-state index contributed by atoms with van der Waals surface area (Å²) in [4.78, 5) is 21.0. The number of esters is 1. The van der Waals surface area contributed by atoms with E-state index in [2.05, 4.69) is 10.1 Å². The van der Waals surface area contributed by atoms with Gasteiger partial charge in [0, 0.05) is 0 Å². The van der Waals surface area contributed by atoms with Crippen LogP contribution in [0.2, 0.25) is 0 Å². The largest absolute Gasteiger partial charge is 0.464 e. The number of hydrogen-bond acceptors (Lipinski definition) is 3. The van der Waals surface area contributed by atoms with Crippen molar-refractivity contribution in [3.05, 3.63) is 0 Å². The maximum Gasteiger partial charge on any atom is 0.328 e.